The second kappa shape index (κ2) is 19.6. The van der Waals surface area contributed by atoms with E-state index in [1.54, 1.807) is 0 Å². The van der Waals surface area contributed by atoms with Gasteiger partial charge in [-0.15, -0.1) is 0 Å². The molecule has 0 bridgehead atoms. The molecule has 0 saturated carbocycles. The van der Waals surface area contributed by atoms with Gasteiger partial charge in [-0.05, 0) is 104 Å². The van der Waals surface area contributed by atoms with Crippen molar-refractivity contribution in [3.05, 3.63) is 70.8 Å². The van der Waals surface area contributed by atoms with Crippen molar-refractivity contribution in [2.45, 2.75) is 138 Å². The SMILES string of the molecule is CCCCCC=CC(=Nc1cc(CCC)cc(CCC)c1)C(CCCC)=Nc1cc(CCC)cc(CCC)c1. The molecule has 0 aromatic heterocycles. The van der Waals surface area contributed by atoms with Crippen molar-refractivity contribution in [3.63, 3.8) is 0 Å². The van der Waals surface area contributed by atoms with Crippen LogP contribution in [-0.4, -0.2) is 11.4 Å². The molecule has 0 aliphatic rings. The fourth-order valence-corrected chi connectivity index (χ4v) is 5.13. The number of allylic oxidation sites excluding steroid dienone is 2. The molecule has 39 heavy (non-hydrogen) atoms. The first-order chi connectivity index (χ1) is 19.1. The molecule has 2 aromatic carbocycles. The highest BCUT2D eigenvalue weighted by Gasteiger charge is 2.10. The second-order valence-corrected chi connectivity index (χ2v) is 11.1. The minimum atomic E-state index is 0.951. The summed E-state index contributed by atoms with van der Waals surface area (Å²) in [6.45, 7) is 13.6. The van der Waals surface area contributed by atoms with Crippen LogP contribution in [-0.2, 0) is 25.7 Å². The van der Waals surface area contributed by atoms with Gasteiger partial charge in [0.05, 0.1) is 22.8 Å². The summed E-state index contributed by atoms with van der Waals surface area (Å²) in [5.74, 6) is 0. The van der Waals surface area contributed by atoms with Crippen LogP contribution >= 0.6 is 0 Å². The lowest BCUT2D eigenvalue weighted by atomic mass is 10.0. The number of aryl methyl sites for hydroxylation is 4. The van der Waals surface area contributed by atoms with Crippen molar-refractivity contribution < 1.29 is 0 Å². The number of hydrogen-bond acceptors (Lipinski definition) is 2. The van der Waals surface area contributed by atoms with Crippen molar-refractivity contribution >= 4 is 22.8 Å². The third kappa shape index (κ3) is 12.5. The molecule has 2 rings (SSSR count). The summed E-state index contributed by atoms with van der Waals surface area (Å²) >= 11 is 0. The summed E-state index contributed by atoms with van der Waals surface area (Å²) in [6, 6.07) is 14.0. The summed E-state index contributed by atoms with van der Waals surface area (Å²) in [5.41, 5.74) is 9.94. The van der Waals surface area contributed by atoms with Gasteiger partial charge in [0.15, 0.2) is 0 Å². The van der Waals surface area contributed by atoms with E-state index in [9.17, 15) is 0 Å². The zero-order chi connectivity index (χ0) is 28.3. The quantitative estimate of drug-likeness (QED) is 0.128. The number of unbranched alkanes of at least 4 members (excludes halogenated alkanes) is 4. The van der Waals surface area contributed by atoms with Crippen LogP contribution in [0.15, 0.2) is 58.5 Å². The zero-order valence-corrected chi connectivity index (χ0v) is 26.1. The molecule has 0 radical (unpaired) electrons. The maximum Gasteiger partial charge on any atom is 0.0848 e. The Bertz CT molecular complexity index is 1010. The number of nitrogens with zero attached hydrogens (tertiary/aromatic N) is 2. The minimum absolute atomic E-state index is 0.951. The Kier molecular flexibility index (Phi) is 16.4. The summed E-state index contributed by atoms with van der Waals surface area (Å²) < 4.78 is 0. The van der Waals surface area contributed by atoms with E-state index in [0.29, 0.717) is 0 Å². The van der Waals surface area contributed by atoms with Crippen LogP contribution in [0.25, 0.3) is 0 Å². The Hall–Kier alpha value is -2.48. The number of hydrogen-bond donors (Lipinski definition) is 0. The van der Waals surface area contributed by atoms with Crippen LogP contribution in [0.2, 0.25) is 0 Å². The van der Waals surface area contributed by atoms with Crippen molar-refractivity contribution in [1.82, 2.24) is 0 Å². The highest BCUT2D eigenvalue weighted by molar-refractivity contribution is 6.47. The van der Waals surface area contributed by atoms with E-state index in [2.05, 4.69) is 90.1 Å². The Labute approximate surface area is 241 Å². The average molecular weight is 529 g/mol. The van der Waals surface area contributed by atoms with Crippen molar-refractivity contribution in [2.75, 3.05) is 0 Å². The molecule has 0 fully saturated rings. The minimum Gasteiger partial charge on any atom is -0.251 e. The average Bonchev–Trinajstić information content (AvgIpc) is 2.91. The van der Waals surface area contributed by atoms with Gasteiger partial charge in [0, 0.05) is 0 Å². The van der Waals surface area contributed by atoms with E-state index < -0.39 is 0 Å². The second-order valence-electron chi connectivity index (χ2n) is 11.1. The smallest absolute Gasteiger partial charge is 0.0848 e. The van der Waals surface area contributed by atoms with Crippen molar-refractivity contribution in [1.29, 1.82) is 0 Å². The summed E-state index contributed by atoms with van der Waals surface area (Å²) in [7, 11) is 0. The van der Waals surface area contributed by atoms with Gasteiger partial charge in [-0.25, -0.2) is 4.99 Å². The van der Waals surface area contributed by atoms with Crippen molar-refractivity contribution in [2.24, 2.45) is 9.98 Å². The molecular weight excluding hydrogens is 472 g/mol. The lowest BCUT2D eigenvalue weighted by Crippen LogP contribution is -2.12. The van der Waals surface area contributed by atoms with Gasteiger partial charge in [0.25, 0.3) is 0 Å². The number of rotatable bonds is 19. The lowest BCUT2D eigenvalue weighted by molar-refractivity contribution is 0.729. The maximum absolute atomic E-state index is 5.35. The Morgan fingerprint density at radius 2 is 1.00 bits per heavy atom. The predicted molar refractivity (Wildman–Crippen MR) is 176 cm³/mol. The van der Waals surface area contributed by atoms with Gasteiger partial charge in [0.2, 0.25) is 0 Å². The molecule has 0 heterocycles. The molecule has 0 atom stereocenters. The first kappa shape index (κ1) is 32.7. The van der Waals surface area contributed by atoms with Crippen LogP contribution in [0.5, 0.6) is 0 Å². The fraction of sp³-hybridized carbons (Fsp3) is 0.568. The van der Waals surface area contributed by atoms with Gasteiger partial charge in [0.1, 0.15) is 0 Å². The number of benzene rings is 2. The largest absolute Gasteiger partial charge is 0.251 e. The van der Waals surface area contributed by atoms with Crippen molar-refractivity contribution in [3.8, 4) is 0 Å². The summed E-state index contributed by atoms with van der Waals surface area (Å²) in [6.07, 6.45) is 21.7. The summed E-state index contributed by atoms with van der Waals surface area (Å²) in [4.78, 5) is 10.7. The zero-order valence-electron chi connectivity index (χ0n) is 26.1. The molecule has 0 amide bonds. The monoisotopic (exact) mass is 528 g/mol. The van der Waals surface area contributed by atoms with Crippen LogP contribution in [0, 0.1) is 0 Å². The molecule has 2 heteroatoms. The van der Waals surface area contributed by atoms with Gasteiger partial charge in [-0.3, -0.25) is 4.99 Å². The van der Waals surface area contributed by atoms with E-state index in [-0.39, 0.29) is 0 Å². The molecule has 0 saturated heterocycles. The van der Waals surface area contributed by atoms with E-state index in [1.165, 1.54) is 41.5 Å². The number of aliphatic imine (C=N–C) groups is 2. The molecule has 2 aromatic rings. The first-order valence-electron chi connectivity index (χ1n) is 16.1. The predicted octanol–water partition coefficient (Wildman–Crippen LogP) is 11.7. The Morgan fingerprint density at radius 1 is 0.538 bits per heavy atom. The molecule has 0 unspecified atom stereocenters. The lowest BCUT2D eigenvalue weighted by Gasteiger charge is -2.12. The first-order valence-corrected chi connectivity index (χ1v) is 16.1. The third-order valence-corrected chi connectivity index (χ3v) is 7.06. The van der Waals surface area contributed by atoms with Gasteiger partial charge < -0.3 is 0 Å². The third-order valence-electron chi connectivity index (χ3n) is 7.06. The van der Waals surface area contributed by atoms with E-state index in [4.69, 9.17) is 9.98 Å². The molecule has 0 N–H and O–H groups in total. The van der Waals surface area contributed by atoms with Crippen LogP contribution in [0.3, 0.4) is 0 Å². The van der Waals surface area contributed by atoms with Gasteiger partial charge >= 0.3 is 0 Å². The summed E-state index contributed by atoms with van der Waals surface area (Å²) in [5, 5.41) is 0. The molecular formula is C37H56N2. The van der Waals surface area contributed by atoms with Crippen LogP contribution in [0.4, 0.5) is 11.4 Å². The van der Waals surface area contributed by atoms with Crippen LogP contribution in [0.1, 0.15) is 134 Å². The van der Waals surface area contributed by atoms with Crippen LogP contribution < -0.4 is 0 Å². The molecule has 0 spiro atoms. The molecule has 0 aliphatic heterocycles. The van der Waals surface area contributed by atoms with E-state index in [1.807, 2.05) is 0 Å². The van der Waals surface area contributed by atoms with Gasteiger partial charge in [-0.1, -0.05) is 105 Å². The van der Waals surface area contributed by atoms with E-state index >= 15 is 0 Å². The Morgan fingerprint density at radius 3 is 1.44 bits per heavy atom. The molecule has 2 nitrogen and oxygen atoms in total. The Balaban J connectivity index is 2.64. The molecule has 0 aliphatic carbocycles. The standard InChI is InChI=1S/C37H56N2/c1-7-13-15-16-17-23-37(39-35-28-32(20-11-5)25-33(29-35)21-12-6)36(22-14-8-2)38-34-26-30(18-9-3)24-31(27-34)19-10-4/h17,23-29H,7-16,18-22H2,1-6H3. The topological polar surface area (TPSA) is 24.7 Å². The fourth-order valence-electron chi connectivity index (χ4n) is 5.13. The normalized spacial score (nSPS) is 12.6. The molecule has 214 valence electrons. The highest BCUT2D eigenvalue weighted by Crippen LogP contribution is 2.24. The maximum atomic E-state index is 5.35. The highest BCUT2D eigenvalue weighted by atomic mass is 14.8. The van der Waals surface area contributed by atoms with E-state index in [0.717, 1.165) is 99.8 Å². The van der Waals surface area contributed by atoms with Gasteiger partial charge in [-0.2, -0.15) is 0 Å².